The molecular weight excluding hydrogens is 262 g/mol. The van der Waals surface area contributed by atoms with Crippen molar-refractivity contribution in [3.63, 3.8) is 0 Å². The summed E-state index contributed by atoms with van der Waals surface area (Å²) in [6.07, 6.45) is 0.904. The van der Waals surface area contributed by atoms with E-state index in [9.17, 15) is 4.79 Å². The van der Waals surface area contributed by atoms with Crippen molar-refractivity contribution in [2.45, 2.75) is 52.2 Å². The van der Waals surface area contributed by atoms with E-state index in [1.807, 2.05) is 39.0 Å². The van der Waals surface area contributed by atoms with E-state index in [2.05, 4.69) is 29.3 Å². The van der Waals surface area contributed by atoms with Crippen LogP contribution in [-0.4, -0.2) is 35.5 Å². The Kier molecular flexibility index (Phi) is 6.85. The van der Waals surface area contributed by atoms with Crippen LogP contribution >= 0.6 is 0 Å². The maximum atomic E-state index is 12.4. The van der Waals surface area contributed by atoms with Gasteiger partial charge in [0.05, 0.1) is 6.04 Å². The van der Waals surface area contributed by atoms with Gasteiger partial charge in [-0.2, -0.15) is 0 Å². The fraction of sp³-hybridized carbons (Fsp3) is 0.588. The number of benzene rings is 1. The van der Waals surface area contributed by atoms with Gasteiger partial charge < -0.3 is 11.1 Å². The van der Waals surface area contributed by atoms with Gasteiger partial charge in [-0.05, 0) is 32.8 Å². The van der Waals surface area contributed by atoms with E-state index in [1.54, 1.807) is 0 Å². The third-order valence-electron chi connectivity index (χ3n) is 3.92. The molecule has 1 amide bonds. The number of amides is 1. The highest BCUT2D eigenvalue weighted by molar-refractivity contribution is 5.82. The first-order valence-corrected chi connectivity index (χ1v) is 7.69. The molecule has 1 aromatic carbocycles. The van der Waals surface area contributed by atoms with Gasteiger partial charge in [0.15, 0.2) is 0 Å². The Balaban J connectivity index is 2.73. The molecule has 0 saturated carbocycles. The first-order valence-electron chi connectivity index (χ1n) is 7.69. The van der Waals surface area contributed by atoms with Gasteiger partial charge in [0.25, 0.3) is 0 Å². The third-order valence-corrected chi connectivity index (χ3v) is 3.92. The highest BCUT2D eigenvalue weighted by atomic mass is 16.2. The molecule has 0 fully saturated rings. The van der Waals surface area contributed by atoms with Crippen molar-refractivity contribution in [2.75, 3.05) is 13.1 Å². The number of carbonyl (C=O) groups excluding carboxylic acids is 1. The smallest absolute Gasteiger partial charge is 0.237 e. The Hall–Kier alpha value is -1.39. The summed E-state index contributed by atoms with van der Waals surface area (Å²) < 4.78 is 0. The molecule has 0 saturated heterocycles. The molecule has 0 aliphatic rings. The number of nitrogens with zero attached hydrogens (tertiary/aromatic N) is 1. The lowest BCUT2D eigenvalue weighted by Gasteiger charge is -2.32. The SMILES string of the molecule is CCC(C)(C)NC(=O)C(C)N(CCN)Cc1ccccc1. The molecule has 0 bridgehead atoms. The Bertz CT molecular complexity index is 431. The molecule has 21 heavy (non-hydrogen) atoms. The van der Waals surface area contributed by atoms with Crippen LogP contribution in [0.5, 0.6) is 0 Å². The van der Waals surface area contributed by atoms with E-state index >= 15 is 0 Å². The zero-order chi connectivity index (χ0) is 15.9. The van der Waals surface area contributed by atoms with Crippen LogP contribution in [0.15, 0.2) is 30.3 Å². The monoisotopic (exact) mass is 291 g/mol. The van der Waals surface area contributed by atoms with Gasteiger partial charge >= 0.3 is 0 Å². The normalized spacial score (nSPS) is 13.2. The molecule has 3 N–H and O–H groups in total. The fourth-order valence-corrected chi connectivity index (χ4v) is 2.09. The minimum Gasteiger partial charge on any atom is -0.350 e. The summed E-state index contributed by atoms with van der Waals surface area (Å²) in [6.45, 7) is 10.1. The Labute approximate surface area is 128 Å². The number of nitrogens with one attached hydrogen (secondary N) is 1. The average molecular weight is 291 g/mol. The van der Waals surface area contributed by atoms with Crippen molar-refractivity contribution in [1.29, 1.82) is 0 Å². The van der Waals surface area contributed by atoms with Gasteiger partial charge in [-0.3, -0.25) is 9.69 Å². The summed E-state index contributed by atoms with van der Waals surface area (Å²) >= 11 is 0. The summed E-state index contributed by atoms with van der Waals surface area (Å²) in [6, 6.07) is 9.98. The Morgan fingerprint density at radius 3 is 2.48 bits per heavy atom. The van der Waals surface area contributed by atoms with E-state index in [-0.39, 0.29) is 17.5 Å². The van der Waals surface area contributed by atoms with Gasteiger partial charge in [0, 0.05) is 25.2 Å². The molecule has 1 atom stereocenters. The summed E-state index contributed by atoms with van der Waals surface area (Å²) in [5, 5.41) is 3.11. The standard InChI is InChI=1S/C17H29N3O/c1-5-17(3,4)19-16(21)14(2)20(12-11-18)13-15-9-7-6-8-10-15/h6-10,14H,5,11-13,18H2,1-4H3,(H,19,21). The summed E-state index contributed by atoms with van der Waals surface area (Å²) in [7, 11) is 0. The number of hydrogen-bond acceptors (Lipinski definition) is 3. The zero-order valence-electron chi connectivity index (χ0n) is 13.7. The summed E-state index contributed by atoms with van der Waals surface area (Å²) in [5.41, 5.74) is 6.72. The second kappa shape index (κ2) is 8.15. The maximum Gasteiger partial charge on any atom is 0.237 e. The predicted molar refractivity (Wildman–Crippen MR) is 87.9 cm³/mol. The predicted octanol–water partition coefficient (Wildman–Crippen LogP) is 2.14. The lowest BCUT2D eigenvalue weighted by molar-refractivity contribution is -0.127. The van der Waals surface area contributed by atoms with Crippen LogP contribution in [-0.2, 0) is 11.3 Å². The van der Waals surface area contributed by atoms with Gasteiger partial charge in [-0.15, -0.1) is 0 Å². The number of rotatable bonds is 8. The molecule has 1 rings (SSSR count). The second-order valence-electron chi connectivity index (χ2n) is 6.15. The molecule has 1 unspecified atom stereocenters. The average Bonchev–Trinajstić information content (AvgIpc) is 2.46. The van der Waals surface area contributed by atoms with Gasteiger partial charge in [0.2, 0.25) is 5.91 Å². The van der Waals surface area contributed by atoms with Crippen LogP contribution in [0.4, 0.5) is 0 Å². The molecule has 4 nitrogen and oxygen atoms in total. The van der Waals surface area contributed by atoms with E-state index in [0.29, 0.717) is 13.1 Å². The molecule has 1 aromatic rings. The van der Waals surface area contributed by atoms with Crippen LogP contribution in [0, 0.1) is 0 Å². The molecule has 0 aliphatic carbocycles. The second-order valence-corrected chi connectivity index (χ2v) is 6.15. The van der Waals surface area contributed by atoms with Gasteiger partial charge in [-0.1, -0.05) is 37.3 Å². The third kappa shape index (κ3) is 5.86. The molecular formula is C17H29N3O. The minimum atomic E-state index is -0.195. The van der Waals surface area contributed by atoms with Crippen molar-refractivity contribution in [2.24, 2.45) is 5.73 Å². The van der Waals surface area contributed by atoms with E-state index in [4.69, 9.17) is 5.73 Å². The molecule has 0 heterocycles. The highest BCUT2D eigenvalue weighted by Gasteiger charge is 2.25. The molecule has 0 aromatic heterocycles. The lowest BCUT2D eigenvalue weighted by Crippen LogP contribution is -2.52. The molecule has 4 heteroatoms. The highest BCUT2D eigenvalue weighted by Crippen LogP contribution is 2.11. The summed E-state index contributed by atoms with van der Waals surface area (Å²) in [4.78, 5) is 14.6. The minimum absolute atomic E-state index is 0.0613. The summed E-state index contributed by atoms with van der Waals surface area (Å²) in [5.74, 6) is 0.0613. The molecule has 0 aliphatic heterocycles. The van der Waals surface area contributed by atoms with Gasteiger partial charge in [-0.25, -0.2) is 0 Å². The first kappa shape index (κ1) is 17.7. The molecule has 0 radical (unpaired) electrons. The van der Waals surface area contributed by atoms with E-state index in [0.717, 1.165) is 13.0 Å². The number of carbonyl (C=O) groups is 1. The van der Waals surface area contributed by atoms with Crippen molar-refractivity contribution >= 4 is 5.91 Å². The van der Waals surface area contributed by atoms with Crippen molar-refractivity contribution in [3.8, 4) is 0 Å². The largest absolute Gasteiger partial charge is 0.350 e. The van der Waals surface area contributed by atoms with Crippen molar-refractivity contribution in [1.82, 2.24) is 10.2 Å². The molecule has 118 valence electrons. The van der Waals surface area contributed by atoms with Gasteiger partial charge in [0.1, 0.15) is 0 Å². The first-order chi connectivity index (χ1) is 9.89. The lowest BCUT2D eigenvalue weighted by atomic mass is 10.0. The van der Waals surface area contributed by atoms with Crippen molar-refractivity contribution in [3.05, 3.63) is 35.9 Å². The molecule has 0 spiro atoms. The number of nitrogens with two attached hydrogens (primary N) is 1. The van der Waals surface area contributed by atoms with Crippen LogP contribution in [0.2, 0.25) is 0 Å². The van der Waals surface area contributed by atoms with Crippen LogP contribution in [0.1, 0.15) is 39.7 Å². The maximum absolute atomic E-state index is 12.4. The van der Waals surface area contributed by atoms with E-state index in [1.165, 1.54) is 5.56 Å². The quantitative estimate of drug-likeness (QED) is 0.771. The topological polar surface area (TPSA) is 58.4 Å². The Morgan fingerprint density at radius 1 is 1.33 bits per heavy atom. The zero-order valence-corrected chi connectivity index (χ0v) is 13.7. The van der Waals surface area contributed by atoms with E-state index < -0.39 is 0 Å². The van der Waals surface area contributed by atoms with Crippen LogP contribution in [0.25, 0.3) is 0 Å². The van der Waals surface area contributed by atoms with Crippen LogP contribution in [0.3, 0.4) is 0 Å². The number of hydrogen-bond donors (Lipinski definition) is 2. The fourth-order valence-electron chi connectivity index (χ4n) is 2.09. The van der Waals surface area contributed by atoms with Crippen molar-refractivity contribution < 1.29 is 4.79 Å². The van der Waals surface area contributed by atoms with Crippen LogP contribution < -0.4 is 11.1 Å². The Morgan fingerprint density at radius 2 is 1.95 bits per heavy atom.